The van der Waals surface area contributed by atoms with Crippen LogP contribution in [0.1, 0.15) is 16.7 Å². The van der Waals surface area contributed by atoms with Crippen molar-refractivity contribution in [2.45, 2.75) is 12.5 Å². The van der Waals surface area contributed by atoms with Crippen molar-refractivity contribution in [2.75, 3.05) is 0 Å². The summed E-state index contributed by atoms with van der Waals surface area (Å²) in [7, 11) is 0. The quantitative estimate of drug-likeness (QED) is 0.557. The van der Waals surface area contributed by atoms with Crippen LogP contribution < -0.4 is 0 Å². The van der Waals surface area contributed by atoms with Crippen molar-refractivity contribution in [1.82, 2.24) is 0 Å². The lowest BCUT2D eigenvalue weighted by molar-refractivity contribution is -0.138. The molecular formula is C22H17BrFNO2. The first-order valence-electron chi connectivity index (χ1n) is 8.40. The molecule has 0 spiro atoms. The largest absolute Gasteiger partial charge is 0.480 e. The highest BCUT2D eigenvalue weighted by molar-refractivity contribution is 9.10. The van der Waals surface area contributed by atoms with Gasteiger partial charge in [0, 0.05) is 17.5 Å². The predicted molar refractivity (Wildman–Crippen MR) is 108 cm³/mol. The van der Waals surface area contributed by atoms with E-state index in [2.05, 4.69) is 20.9 Å². The lowest BCUT2D eigenvalue weighted by Gasteiger charge is -2.13. The van der Waals surface area contributed by atoms with Gasteiger partial charge in [0.05, 0.1) is 10.2 Å². The minimum atomic E-state index is -1.05. The molecule has 0 radical (unpaired) electrons. The normalized spacial score (nSPS) is 11.6. The molecule has 0 amide bonds. The summed E-state index contributed by atoms with van der Waals surface area (Å²) >= 11 is 3.11. The monoisotopic (exact) mass is 425 g/mol. The molecule has 0 bridgehead atoms. The third-order valence-corrected chi connectivity index (χ3v) is 4.72. The number of carbonyl (C=O) groups is 1. The molecule has 0 aliphatic heterocycles. The van der Waals surface area contributed by atoms with Gasteiger partial charge in [0.15, 0.2) is 6.04 Å². The van der Waals surface area contributed by atoms with Crippen molar-refractivity contribution >= 4 is 27.6 Å². The number of nitrogens with zero attached hydrogens (tertiary/aromatic N) is 1. The number of carboxylic acid groups (broad SMARTS) is 1. The molecule has 3 nitrogen and oxygen atoms in total. The molecule has 136 valence electrons. The third kappa shape index (κ3) is 4.89. The van der Waals surface area contributed by atoms with E-state index in [1.165, 1.54) is 6.07 Å². The Morgan fingerprint density at radius 2 is 1.52 bits per heavy atom. The fraction of sp³-hybridized carbons (Fsp3) is 0.0909. The molecule has 0 unspecified atom stereocenters. The Labute approximate surface area is 165 Å². The van der Waals surface area contributed by atoms with Crippen molar-refractivity contribution in [1.29, 1.82) is 0 Å². The van der Waals surface area contributed by atoms with Crippen LogP contribution in [0.25, 0.3) is 0 Å². The van der Waals surface area contributed by atoms with Crippen LogP contribution >= 0.6 is 15.9 Å². The van der Waals surface area contributed by atoms with E-state index in [4.69, 9.17) is 0 Å². The van der Waals surface area contributed by atoms with Crippen molar-refractivity contribution in [3.8, 4) is 0 Å². The summed E-state index contributed by atoms with van der Waals surface area (Å²) in [5, 5.41) is 9.69. The molecular weight excluding hydrogens is 409 g/mol. The second-order valence-electron chi connectivity index (χ2n) is 6.02. The van der Waals surface area contributed by atoms with Gasteiger partial charge in [0.2, 0.25) is 0 Å². The minimum absolute atomic E-state index is 0.0999. The maximum Gasteiger partial charge on any atom is 0.328 e. The van der Waals surface area contributed by atoms with Gasteiger partial charge >= 0.3 is 5.97 Å². The summed E-state index contributed by atoms with van der Waals surface area (Å²) in [4.78, 5) is 16.4. The van der Waals surface area contributed by atoms with Crippen LogP contribution in [-0.2, 0) is 11.2 Å². The molecule has 5 heteroatoms. The summed E-state index contributed by atoms with van der Waals surface area (Å²) in [5.74, 6) is -1.48. The van der Waals surface area contributed by atoms with E-state index >= 15 is 0 Å². The Kier molecular flexibility index (Phi) is 6.14. The van der Waals surface area contributed by atoms with E-state index in [1.807, 2.05) is 60.7 Å². The van der Waals surface area contributed by atoms with Crippen LogP contribution in [0.5, 0.6) is 0 Å². The molecule has 1 N–H and O–H groups in total. The smallest absolute Gasteiger partial charge is 0.328 e. The predicted octanol–water partition coefficient (Wildman–Crippen LogP) is 5.12. The summed E-state index contributed by atoms with van der Waals surface area (Å²) in [6.07, 6.45) is 0.0999. The second kappa shape index (κ2) is 8.73. The van der Waals surface area contributed by atoms with Crippen LogP contribution in [0.15, 0.2) is 88.3 Å². The number of aliphatic carboxylic acids is 1. The SMILES string of the molecule is O=C(O)[C@H](Cc1ccc(Br)c(F)c1)N=C(c1ccccc1)c1ccccc1. The van der Waals surface area contributed by atoms with Crippen molar-refractivity contribution in [2.24, 2.45) is 4.99 Å². The van der Waals surface area contributed by atoms with Crippen LogP contribution in [0, 0.1) is 5.82 Å². The van der Waals surface area contributed by atoms with Gasteiger partial charge in [-0.3, -0.25) is 4.99 Å². The van der Waals surface area contributed by atoms with Crippen LogP contribution in [0.4, 0.5) is 4.39 Å². The summed E-state index contributed by atoms with van der Waals surface area (Å²) in [6, 6.07) is 22.5. The Morgan fingerprint density at radius 3 is 2.00 bits per heavy atom. The number of halogens is 2. The zero-order chi connectivity index (χ0) is 19.2. The summed E-state index contributed by atoms with van der Waals surface area (Å²) in [6.45, 7) is 0. The fourth-order valence-electron chi connectivity index (χ4n) is 2.74. The molecule has 1 atom stereocenters. The maximum absolute atomic E-state index is 13.8. The molecule has 0 fully saturated rings. The number of benzene rings is 3. The zero-order valence-corrected chi connectivity index (χ0v) is 15.9. The molecule has 0 saturated heterocycles. The first-order valence-corrected chi connectivity index (χ1v) is 9.19. The van der Waals surface area contributed by atoms with Gasteiger partial charge < -0.3 is 5.11 Å². The maximum atomic E-state index is 13.8. The number of hydrogen-bond donors (Lipinski definition) is 1. The highest BCUT2D eigenvalue weighted by Gasteiger charge is 2.20. The van der Waals surface area contributed by atoms with Crippen LogP contribution in [-0.4, -0.2) is 22.8 Å². The Hall–Kier alpha value is -2.79. The lowest BCUT2D eigenvalue weighted by Crippen LogP contribution is -2.23. The third-order valence-electron chi connectivity index (χ3n) is 4.08. The van der Waals surface area contributed by atoms with Gasteiger partial charge in [-0.25, -0.2) is 9.18 Å². The number of hydrogen-bond acceptors (Lipinski definition) is 2. The summed E-state index contributed by atoms with van der Waals surface area (Å²) < 4.78 is 14.1. The Morgan fingerprint density at radius 1 is 0.963 bits per heavy atom. The van der Waals surface area contributed by atoms with E-state index < -0.39 is 17.8 Å². The van der Waals surface area contributed by atoms with E-state index in [9.17, 15) is 14.3 Å². The molecule has 0 heterocycles. The standard InChI is InChI=1S/C22H17BrFNO2/c23-18-12-11-15(13-19(18)24)14-20(22(26)27)25-21(16-7-3-1-4-8-16)17-9-5-2-6-10-17/h1-13,20H,14H2,(H,26,27)/t20-/m0/s1. The van der Waals surface area contributed by atoms with E-state index in [-0.39, 0.29) is 6.42 Å². The van der Waals surface area contributed by atoms with E-state index in [0.717, 1.165) is 11.1 Å². The molecule has 3 aromatic rings. The van der Waals surface area contributed by atoms with Crippen LogP contribution in [0.2, 0.25) is 0 Å². The first kappa shape index (κ1) is 19.0. The average molecular weight is 426 g/mol. The second-order valence-corrected chi connectivity index (χ2v) is 6.87. The molecule has 27 heavy (non-hydrogen) atoms. The topological polar surface area (TPSA) is 49.7 Å². The number of carboxylic acids is 1. The minimum Gasteiger partial charge on any atom is -0.480 e. The molecule has 0 aromatic heterocycles. The van der Waals surface area contributed by atoms with Crippen molar-refractivity contribution in [3.05, 3.63) is 106 Å². The molecule has 0 aliphatic rings. The van der Waals surface area contributed by atoms with Crippen molar-refractivity contribution in [3.63, 3.8) is 0 Å². The van der Waals surface area contributed by atoms with Gasteiger partial charge in [-0.2, -0.15) is 0 Å². The Balaban J connectivity index is 2.02. The fourth-order valence-corrected chi connectivity index (χ4v) is 2.99. The van der Waals surface area contributed by atoms with Crippen molar-refractivity contribution < 1.29 is 14.3 Å². The summed E-state index contributed by atoms with van der Waals surface area (Å²) in [5.41, 5.74) is 2.84. The van der Waals surface area contributed by atoms with Gasteiger partial charge in [-0.15, -0.1) is 0 Å². The highest BCUT2D eigenvalue weighted by atomic mass is 79.9. The first-order chi connectivity index (χ1) is 13.0. The number of rotatable bonds is 6. The molecule has 0 aliphatic carbocycles. The van der Waals surface area contributed by atoms with Gasteiger partial charge in [-0.1, -0.05) is 66.7 Å². The van der Waals surface area contributed by atoms with Gasteiger partial charge in [0.1, 0.15) is 5.82 Å². The zero-order valence-electron chi connectivity index (χ0n) is 14.3. The van der Waals surface area contributed by atoms with Crippen LogP contribution in [0.3, 0.4) is 0 Å². The van der Waals surface area contributed by atoms with Gasteiger partial charge in [-0.05, 0) is 33.6 Å². The van der Waals surface area contributed by atoms with Gasteiger partial charge in [0.25, 0.3) is 0 Å². The Bertz CT molecular complexity index is 917. The lowest BCUT2D eigenvalue weighted by atomic mass is 10.0. The average Bonchev–Trinajstić information content (AvgIpc) is 2.69. The van der Waals surface area contributed by atoms with E-state index in [1.54, 1.807) is 12.1 Å². The molecule has 3 rings (SSSR count). The molecule has 0 saturated carbocycles. The van der Waals surface area contributed by atoms with E-state index in [0.29, 0.717) is 15.7 Å². The number of aliphatic imine (C=N–C) groups is 1. The molecule has 3 aromatic carbocycles. The highest BCUT2D eigenvalue weighted by Crippen LogP contribution is 2.19.